The number of hydrogen-bond donors (Lipinski definition) is 1. The quantitative estimate of drug-likeness (QED) is 0.148. The second kappa shape index (κ2) is 15.9. The number of rotatable bonds is 14. The summed E-state index contributed by atoms with van der Waals surface area (Å²) >= 11 is 13.1. The molecule has 2 amide bonds. The molecule has 4 aromatic carbocycles. The maximum Gasteiger partial charge on any atom is 0.264 e. The van der Waals surface area contributed by atoms with Crippen LogP contribution in [0.3, 0.4) is 0 Å². The maximum absolute atomic E-state index is 14.4. The number of carbonyl (C=O) groups is 2. The molecular formula is C34H34Cl2FN3O4S. The lowest BCUT2D eigenvalue weighted by Crippen LogP contribution is -2.53. The van der Waals surface area contributed by atoms with Crippen LogP contribution in [-0.2, 0) is 32.6 Å². The SMILES string of the molecule is CCCCNC(=O)[C@@H](Cc1ccccc1)N(Cc1c(Cl)cccc1Cl)C(=O)CN(c1ccccc1)S(=O)(=O)c1ccc(F)cc1. The third-order valence-electron chi connectivity index (χ3n) is 7.22. The number of unbranched alkanes of at least 4 members (excludes halogenated alkanes) is 1. The number of amides is 2. The smallest absolute Gasteiger partial charge is 0.264 e. The van der Waals surface area contributed by atoms with Crippen LogP contribution in [-0.4, -0.2) is 44.3 Å². The zero-order chi connectivity index (χ0) is 32.4. The fourth-order valence-electron chi connectivity index (χ4n) is 4.77. The predicted octanol–water partition coefficient (Wildman–Crippen LogP) is 6.88. The zero-order valence-corrected chi connectivity index (χ0v) is 27.0. The lowest BCUT2D eigenvalue weighted by molar-refractivity contribution is -0.140. The molecule has 0 bridgehead atoms. The van der Waals surface area contributed by atoms with Gasteiger partial charge in [0.15, 0.2) is 0 Å². The van der Waals surface area contributed by atoms with Crippen molar-refractivity contribution in [3.05, 3.63) is 130 Å². The van der Waals surface area contributed by atoms with E-state index in [0.717, 1.165) is 47.0 Å². The van der Waals surface area contributed by atoms with Gasteiger partial charge >= 0.3 is 0 Å². The standard InChI is InChI=1S/C34H34Cl2FN3O4S/c1-2-3-21-38-34(42)32(22-25-11-6-4-7-12-25)39(23-29-30(35)15-10-16-31(29)36)33(41)24-40(27-13-8-5-9-14-27)45(43,44)28-19-17-26(37)18-20-28/h4-20,32H,2-3,21-24H2,1H3,(H,38,42)/t32-/m1/s1. The molecule has 0 spiro atoms. The Labute approximate surface area is 273 Å². The van der Waals surface area contributed by atoms with Gasteiger partial charge in [0.05, 0.1) is 10.6 Å². The van der Waals surface area contributed by atoms with Crippen LogP contribution < -0.4 is 9.62 Å². The minimum absolute atomic E-state index is 0.155. The third-order valence-corrected chi connectivity index (χ3v) is 9.71. The second-order valence-corrected chi connectivity index (χ2v) is 13.0. The number of benzene rings is 4. The van der Waals surface area contributed by atoms with Crippen molar-refractivity contribution in [2.75, 3.05) is 17.4 Å². The summed E-state index contributed by atoms with van der Waals surface area (Å²) in [5, 5.41) is 3.53. The van der Waals surface area contributed by atoms with E-state index in [1.165, 1.54) is 4.90 Å². The van der Waals surface area contributed by atoms with E-state index in [0.29, 0.717) is 22.2 Å². The molecule has 0 aliphatic heterocycles. The van der Waals surface area contributed by atoms with Crippen molar-refractivity contribution < 1.29 is 22.4 Å². The lowest BCUT2D eigenvalue weighted by atomic mass is 10.0. The number of halogens is 3. The normalized spacial score (nSPS) is 11.9. The van der Waals surface area contributed by atoms with Crippen molar-refractivity contribution >= 4 is 50.7 Å². The molecule has 0 fully saturated rings. The molecule has 1 atom stereocenters. The van der Waals surface area contributed by atoms with Gasteiger partial charge in [0.2, 0.25) is 11.8 Å². The minimum Gasteiger partial charge on any atom is -0.354 e. The van der Waals surface area contributed by atoms with Gasteiger partial charge in [-0.05, 0) is 60.5 Å². The van der Waals surface area contributed by atoms with Crippen molar-refractivity contribution in [2.45, 2.75) is 43.7 Å². The van der Waals surface area contributed by atoms with Crippen LogP contribution in [0.1, 0.15) is 30.9 Å². The van der Waals surface area contributed by atoms with Crippen LogP contribution in [0, 0.1) is 5.82 Å². The average molecular weight is 671 g/mol. The highest BCUT2D eigenvalue weighted by molar-refractivity contribution is 7.92. The Kier molecular flexibility index (Phi) is 12.0. The molecule has 7 nitrogen and oxygen atoms in total. The number of nitrogens with zero attached hydrogens (tertiary/aromatic N) is 2. The van der Waals surface area contributed by atoms with E-state index >= 15 is 0 Å². The van der Waals surface area contributed by atoms with Gasteiger partial charge in [0, 0.05) is 35.1 Å². The number of hydrogen-bond acceptors (Lipinski definition) is 4. The lowest BCUT2D eigenvalue weighted by Gasteiger charge is -2.34. The maximum atomic E-state index is 14.4. The van der Waals surface area contributed by atoms with Crippen LogP contribution in [0.2, 0.25) is 10.0 Å². The Morgan fingerprint density at radius 3 is 2.04 bits per heavy atom. The molecule has 236 valence electrons. The summed E-state index contributed by atoms with van der Waals surface area (Å²) in [5.41, 5.74) is 1.44. The number of carbonyl (C=O) groups excluding carboxylic acids is 2. The first-order chi connectivity index (χ1) is 21.6. The Hall–Kier alpha value is -3.92. The molecule has 1 N–H and O–H groups in total. The molecule has 0 aromatic heterocycles. The Balaban J connectivity index is 1.80. The van der Waals surface area contributed by atoms with Gasteiger partial charge < -0.3 is 10.2 Å². The Morgan fingerprint density at radius 1 is 0.844 bits per heavy atom. The molecule has 45 heavy (non-hydrogen) atoms. The van der Waals surface area contributed by atoms with E-state index in [-0.39, 0.29) is 23.5 Å². The van der Waals surface area contributed by atoms with E-state index in [1.807, 2.05) is 37.3 Å². The zero-order valence-electron chi connectivity index (χ0n) is 24.7. The van der Waals surface area contributed by atoms with Gasteiger partial charge in [-0.25, -0.2) is 12.8 Å². The topological polar surface area (TPSA) is 86.8 Å². The summed E-state index contributed by atoms with van der Waals surface area (Å²) in [4.78, 5) is 29.4. The highest BCUT2D eigenvalue weighted by Gasteiger charge is 2.35. The number of anilines is 1. The first-order valence-electron chi connectivity index (χ1n) is 14.5. The van der Waals surface area contributed by atoms with Crippen molar-refractivity contribution in [3.8, 4) is 0 Å². The summed E-state index contributed by atoms with van der Waals surface area (Å²) in [6, 6.07) is 25.6. The Bertz CT molecular complexity index is 1670. The van der Waals surface area contributed by atoms with Crippen molar-refractivity contribution in [2.24, 2.45) is 0 Å². The summed E-state index contributed by atoms with van der Waals surface area (Å²) < 4.78 is 42.6. The van der Waals surface area contributed by atoms with Crippen molar-refractivity contribution in [1.82, 2.24) is 10.2 Å². The second-order valence-electron chi connectivity index (χ2n) is 10.4. The van der Waals surface area contributed by atoms with Gasteiger partial charge in [-0.15, -0.1) is 0 Å². The molecule has 0 saturated heterocycles. The monoisotopic (exact) mass is 669 g/mol. The summed E-state index contributed by atoms with van der Waals surface area (Å²) in [7, 11) is -4.34. The van der Waals surface area contributed by atoms with Crippen molar-refractivity contribution in [3.63, 3.8) is 0 Å². The molecule has 0 saturated carbocycles. The fourth-order valence-corrected chi connectivity index (χ4v) is 6.70. The van der Waals surface area contributed by atoms with Crippen LogP contribution in [0.4, 0.5) is 10.1 Å². The molecule has 0 aliphatic rings. The van der Waals surface area contributed by atoms with Crippen LogP contribution in [0.5, 0.6) is 0 Å². The molecule has 0 radical (unpaired) electrons. The molecule has 0 heterocycles. The molecule has 0 unspecified atom stereocenters. The average Bonchev–Trinajstić information content (AvgIpc) is 3.03. The molecular weight excluding hydrogens is 636 g/mol. The number of sulfonamides is 1. The van der Waals surface area contributed by atoms with Gasteiger partial charge in [-0.2, -0.15) is 0 Å². The van der Waals surface area contributed by atoms with Crippen LogP contribution >= 0.6 is 23.2 Å². The first kappa shape index (κ1) is 34.0. The fraction of sp³-hybridized carbons (Fsp3) is 0.235. The molecule has 0 aliphatic carbocycles. The minimum atomic E-state index is -4.34. The molecule has 11 heteroatoms. The first-order valence-corrected chi connectivity index (χ1v) is 16.7. The van der Waals surface area contributed by atoms with E-state index in [1.54, 1.807) is 48.5 Å². The number of nitrogens with one attached hydrogen (secondary N) is 1. The highest BCUT2D eigenvalue weighted by Crippen LogP contribution is 2.29. The largest absolute Gasteiger partial charge is 0.354 e. The van der Waals surface area contributed by atoms with Gasteiger partial charge in [-0.3, -0.25) is 13.9 Å². The predicted molar refractivity (Wildman–Crippen MR) is 176 cm³/mol. The summed E-state index contributed by atoms with van der Waals surface area (Å²) in [6.07, 6.45) is 1.75. The van der Waals surface area contributed by atoms with Gasteiger partial charge in [0.1, 0.15) is 18.4 Å². The van der Waals surface area contributed by atoms with Gasteiger partial charge in [-0.1, -0.05) is 91.1 Å². The molecule has 4 aromatic rings. The van der Waals surface area contributed by atoms with Crippen LogP contribution in [0.25, 0.3) is 0 Å². The molecule has 4 rings (SSSR count). The highest BCUT2D eigenvalue weighted by atomic mass is 35.5. The van der Waals surface area contributed by atoms with Crippen molar-refractivity contribution in [1.29, 1.82) is 0 Å². The van der Waals surface area contributed by atoms with E-state index in [4.69, 9.17) is 23.2 Å². The van der Waals surface area contributed by atoms with E-state index < -0.39 is 40.2 Å². The van der Waals surface area contributed by atoms with E-state index in [2.05, 4.69) is 5.32 Å². The third kappa shape index (κ3) is 8.84. The Morgan fingerprint density at radius 2 is 1.44 bits per heavy atom. The van der Waals surface area contributed by atoms with Crippen LogP contribution in [0.15, 0.2) is 108 Å². The van der Waals surface area contributed by atoms with Gasteiger partial charge in [0.25, 0.3) is 10.0 Å². The summed E-state index contributed by atoms with van der Waals surface area (Å²) in [6.45, 7) is 1.60. The van der Waals surface area contributed by atoms with E-state index in [9.17, 15) is 22.4 Å². The summed E-state index contributed by atoms with van der Waals surface area (Å²) in [5.74, 6) is -1.65. The number of para-hydroxylation sites is 1.